The zero-order valence-corrected chi connectivity index (χ0v) is 11.6. The first kappa shape index (κ1) is 14.8. The van der Waals surface area contributed by atoms with Crippen molar-refractivity contribution in [1.29, 1.82) is 5.26 Å². The SMILES string of the molecule is CC(C)CNC(=O)CN(C)c1ccc(N)c(C#N)c1. The third-order valence-corrected chi connectivity index (χ3v) is 2.69. The third-order valence-electron chi connectivity index (χ3n) is 2.69. The molecule has 5 nitrogen and oxygen atoms in total. The van der Waals surface area contributed by atoms with Crippen LogP contribution < -0.4 is 16.0 Å². The summed E-state index contributed by atoms with van der Waals surface area (Å²) < 4.78 is 0. The Morgan fingerprint density at radius 3 is 2.79 bits per heavy atom. The number of carbonyl (C=O) groups is 1. The molecule has 0 aliphatic heterocycles. The number of amides is 1. The number of nitrogens with zero attached hydrogens (tertiary/aromatic N) is 2. The lowest BCUT2D eigenvalue weighted by Crippen LogP contribution is -2.36. The predicted octanol–water partition coefficient (Wildman–Crippen LogP) is 1.35. The van der Waals surface area contributed by atoms with Crippen LogP contribution in [0.4, 0.5) is 11.4 Å². The molecular formula is C14H20N4O. The number of hydrogen-bond acceptors (Lipinski definition) is 4. The van der Waals surface area contributed by atoms with Gasteiger partial charge in [-0.1, -0.05) is 13.8 Å². The van der Waals surface area contributed by atoms with E-state index in [4.69, 9.17) is 11.0 Å². The molecule has 0 spiro atoms. The van der Waals surface area contributed by atoms with Gasteiger partial charge in [0.15, 0.2) is 0 Å². The largest absolute Gasteiger partial charge is 0.398 e. The van der Waals surface area contributed by atoms with Gasteiger partial charge in [-0.2, -0.15) is 5.26 Å². The molecule has 102 valence electrons. The van der Waals surface area contributed by atoms with Gasteiger partial charge in [-0.25, -0.2) is 0 Å². The molecule has 0 unspecified atom stereocenters. The lowest BCUT2D eigenvalue weighted by atomic mass is 10.1. The zero-order chi connectivity index (χ0) is 14.4. The molecule has 1 amide bonds. The molecule has 19 heavy (non-hydrogen) atoms. The standard InChI is InChI=1S/C14H20N4O/c1-10(2)8-17-14(19)9-18(3)12-4-5-13(16)11(6-12)7-15/h4-6,10H,8-9,16H2,1-3H3,(H,17,19). The molecule has 0 atom stereocenters. The second kappa shape index (κ2) is 6.64. The van der Waals surface area contributed by atoms with Gasteiger partial charge in [-0.15, -0.1) is 0 Å². The van der Waals surface area contributed by atoms with Crippen LogP contribution in [0.25, 0.3) is 0 Å². The molecule has 0 aromatic heterocycles. The number of nitrogen functional groups attached to an aromatic ring is 1. The van der Waals surface area contributed by atoms with Crippen molar-refractivity contribution in [1.82, 2.24) is 5.32 Å². The smallest absolute Gasteiger partial charge is 0.239 e. The Balaban J connectivity index is 2.66. The Labute approximate surface area is 114 Å². The van der Waals surface area contributed by atoms with Gasteiger partial charge in [0, 0.05) is 25.0 Å². The molecule has 0 radical (unpaired) electrons. The number of nitriles is 1. The summed E-state index contributed by atoms with van der Waals surface area (Å²) >= 11 is 0. The predicted molar refractivity (Wildman–Crippen MR) is 76.7 cm³/mol. The molecule has 0 aliphatic rings. The van der Waals surface area contributed by atoms with Crippen LogP contribution in [-0.2, 0) is 4.79 Å². The van der Waals surface area contributed by atoms with Gasteiger partial charge in [0.1, 0.15) is 6.07 Å². The van der Waals surface area contributed by atoms with Crippen LogP contribution in [0.15, 0.2) is 18.2 Å². The van der Waals surface area contributed by atoms with Crippen molar-refractivity contribution >= 4 is 17.3 Å². The van der Waals surface area contributed by atoms with Crippen LogP contribution in [0.1, 0.15) is 19.4 Å². The first-order valence-electron chi connectivity index (χ1n) is 6.21. The summed E-state index contributed by atoms with van der Waals surface area (Å²) in [4.78, 5) is 13.5. The third kappa shape index (κ3) is 4.51. The Morgan fingerprint density at radius 1 is 1.53 bits per heavy atom. The van der Waals surface area contributed by atoms with Crippen LogP contribution in [-0.4, -0.2) is 26.0 Å². The molecule has 5 heteroatoms. The molecule has 0 saturated carbocycles. The molecule has 0 saturated heterocycles. The number of likely N-dealkylation sites (N-methyl/N-ethyl adjacent to an activating group) is 1. The van der Waals surface area contributed by atoms with Gasteiger partial charge in [0.2, 0.25) is 5.91 Å². The average molecular weight is 260 g/mol. The highest BCUT2D eigenvalue weighted by atomic mass is 16.2. The molecule has 3 N–H and O–H groups in total. The Hall–Kier alpha value is -2.22. The van der Waals surface area contributed by atoms with E-state index in [1.54, 1.807) is 23.1 Å². The second-order valence-corrected chi connectivity index (χ2v) is 4.94. The fourth-order valence-electron chi connectivity index (χ4n) is 1.56. The summed E-state index contributed by atoms with van der Waals surface area (Å²) in [5, 5.41) is 11.8. The maximum Gasteiger partial charge on any atom is 0.239 e. The summed E-state index contributed by atoms with van der Waals surface area (Å²) in [5.74, 6) is 0.391. The Bertz CT molecular complexity index is 491. The van der Waals surface area contributed by atoms with Gasteiger partial charge in [-0.3, -0.25) is 4.79 Å². The summed E-state index contributed by atoms with van der Waals surface area (Å²) in [7, 11) is 1.81. The number of benzene rings is 1. The minimum absolute atomic E-state index is 0.0356. The minimum atomic E-state index is -0.0356. The van der Waals surface area contributed by atoms with Crippen molar-refractivity contribution in [3.05, 3.63) is 23.8 Å². The van der Waals surface area contributed by atoms with Gasteiger partial charge < -0.3 is 16.0 Å². The Morgan fingerprint density at radius 2 is 2.21 bits per heavy atom. The van der Waals surface area contributed by atoms with Crippen molar-refractivity contribution in [3.63, 3.8) is 0 Å². The van der Waals surface area contributed by atoms with E-state index in [1.807, 2.05) is 27.0 Å². The zero-order valence-electron chi connectivity index (χ0n) is 11.6. The van der Waals surface area contributed by atoms with Gasteiger partial charge >= 0.3 is 0 Å². The monoisotopic (exact) mass is 260 g/mol. The number of rotatable bonds is 5. The van der Waals surface area contributed by atoms with E-state index in [-0.39, 0.29) is 12.5 Å². The van der Waals surface area contributed by atoms with Crippen molar-refractivity contribution in [2.24, 2.45) is 5.92 Å². The van der Waals surface area contributed by atoms with Gasteiger partial charge in [0.25, 0.3) is 0 Å². The minimum Gasteiger partial charge on any atom is -0.398 e. The van der Waals surface area contributed by atoms with E-state index in [0.29, 0.717) is 23.7 Å². The lowest BCUT2D eigenvalue weighted by Gasteiger charge is -2.19. The highest BCUT2D eigenvalue weighted by Crippen LogP contribution is 2.19. The van der Waals surface area contributed by atoms with E-state index in [2.05, 4.69) is 5.32 Å². The van der Waals surface area contributed by atoms with Crippen LogP contribution >= 0.6 is 0 Å². The molecule has 1 aromatic rings. The molecule has 0 aliphatic carbocycles. The first-order valence-corrected chi connectivity index (χ1v) is 6.21. The normalized spacial score (nSPS) is 10.1. The maximum absolute atomic E-state index is 11.7. The van der Waals surface area contributed by atoms with Crippen molar-refractivity contribution < 1.29 is 4.79 Å². The van der Waals surface area contributed by atoms with Crippen molar-refractivity contribution in [3.8, 4) is 6.07 Å². The van der Waals surface area contributed by atoms with Crippen LogP contribution in [0.5, 0.6) is 0 Å². The topological polar surface area (TPSA) is 82.2 Å². The fraction of sp³-hybridized carbons (Fsp3) is 0.429. The van der Waals surface area contributed by atoms with E-state index in [1.165, 1.54) is 0 Å². The summed E-state index contributed by atoms with van der Waals surface area (Å²) in [6, 6.07) is 7.19. The van der Waals surface area contributed by atoms with Gasteiger partial charge in [-0.05, 0) is 24.1 Å². The van der Waals surface area contributed by atoms with Crippen molar-refractivity contribution in [2.45, 2.75) is 13.8 Å². The fourth-order valence-corrected chi connectivity index (χ4v) is 1.56. The number of nitrogens with two attached hydrogens (primary N) is 1. The lowest BCUT2D eigenvalue weighted by molar-refractivity contribution is -0.119. The van der Waals surface area contributed by atoms with Crippen LogP contribution in [0.2, 0.25) is 0 Å². The average Bonchev–Trinajstić information content (AvgIpc) is 2.36. The van der Waals surface area contributed by atoms with Gasteiger partial charge in [0.05, 0.1) is 12.1 Å². The summed E-state index contributed by atoms with van der Waals surface area (Å²) in [5.41, 5.74) is 7.33. The maximum atomic E-state index is 11.7. The number of anilines is 2. The number of hydrogen-bond donors (Lipinski definition) is 2. The van der Waals surface area contributed by atoms with E-state index in [9.17, 15) is 4.79 Å². The quantitative estimate of drug-likeness (QED) is 0.783. The first-order chi connectivity index (χ1) is 8.93. The molecule has 0 bridgehead atoms. The van der Waals surface area contributed by atoms with E-state index in [0.717, 1.165) is 5.69 Å². The van der Waals surface area contributed by atoms with Crippen LogP contribution in [0, 0.1) is 17.2 Å². The molecule has 1 aromatic carbocycles. The Kier molecular flexibility index (Phi) is 5.19. The number of carbonyl (C=O) groups excluding carboxylic acids is 1. The molecule has 0 fully saturated rings. The molecular weight excluding hydrogens is 240 g/mol. The summed E-state index contributed by atoms with van der Waals surface area (Å²) in [6.07, 6.45) is 0. The second-order valence-electron chi connectivity index (χ2n) is 4.94. The highest BCUT2D eigenvalue weighted by Gasteiger charge is 2.09. The molecule has 0 heterocycles. The highest BCUT2D eigenvalue weighted by molar-refractivity contribution is 5.81. The number of nitrogens with one attached hydrogen (secondary N) is 1. The molecule has 1 rings (SSSR count). The van der Waals surface area contributed by atoms with E-state index >= 15 is 0 Å². The van der Waals surface area contributed by atoms with Crippen LogP contribution in [0.3, 0.4) is 0 Å². The summed E-state index contributed by atoms with van der Waals surface area (Å²) in [6.45, 7) is 5.01. The van der Waals surface area contributed by atoms with E-state index < -0.39 is 0 Å². The van der Waals surface area contributed by atoms with Crippen molar-refractivity contribution in [2.75, 3.05) is 30.8 Å².